The van der Waals surface area contributed by atoms with E-state index >= 15 is 0 Å². The predicted molar refractivity (Wildman–Crippen MR) is 98.4 cm³/mol. The van der Waals surface area contributed by atoms with Gasteiger partial charge in [0.2, 0.25) is 0 Å². The number of nitrogens with zero attached hydrogens (tertiary/aromatic N) is 4. The van der Waals surface area contributed by atoms with Gasteiger partial charge in [-0.15, -0.1) is 11.3 Å². The topological polar surface area (TPSA) is 85.8 Å². The van der Waals surface area contributed by atoms with E-state index in [0.29, 0.717) is 23.9 Å². The van der Waals surface area contributed by atoms with Crippen LogP contribution in [-0.4, -0.2) is 32.4 Å². The zero-order valence-electron chi connectivity index (χ0n) is 15.1. The Morgan fingerprint density at radius 2 is 2.19 bits per heavy atom. The Morgan fingerprint density at radius 1 is 1.38 bits per heavy atom. The minimum absolute atomic E-state index is 0.0701. The first-order chi connectivity index (χ1) is 12.5. The van der Waals surface area contributed by atoms with Gasteiger partial charge >= 0.3 is 0 Å². The lowest BCUT2D eigenvalue weighted by atomic mass is 10.1. The van der Waals surface area contributed by atoms with Crippen molar-refractivity contribution in [1.82, 2.24) is 25.2 Å². The van der Waals surface area contributed by atoms with Crippen LogP contribution >= 0.6 is 11.3 Å². The Kier molecular flexibility index (Phi) is 4.36. The standard InChI is InChI=1S/C18H21N5O2S/c1-10-8-15(25-22-10)14-9-20-23(16(14)13-4-5-13)7-6-19-18(24)17-11(2)21-12(3)26-17/h8-9,13H,4-7H2,1-3H3,(H,19,24). The van der Waals surface area contributed by atoms with E-state index in [1.165, 1.54) is 17.0 Å². The third-order valence-electron chi connectivity index (χ3n) is 4.46. The molecule has 8 heteroatoms. The fourth-order valence-electron chi connectivity index (χ4n) is 3.14. The molecule has 1 N–H and O–H groups in total. The fourth-order valence-corrected chi connectivity index (χ4v) is 3.97. The molecule has 0 radical (unpaired) electrons. The van der Waals surface area contributed by atoms with E-state index in [1.807, 2.05) is 37.7 Å². The van der Waals surface area contributed by atoms with Crippen molar-refractivity contribution in [2.75, 3.05) is 6.54 Å². The van der Waals surface area contributed by atoms with E-state index < -0.39 is 0 Å². The van der Waals surface area contributed by atoms with Crippen LogP contribution in [0, 0.1) is 20.8 Å². The van der Waals surface area contributed by atoms with Crippen molar-refractivity contribution >= 4 is 17.2 Å². The molecule has 26 heavy (non-hydrogen) atoms. The number of nitrogens with one attached hydrogen (secondary N) is 1. The van der Waals surface area contributed by atoms with Gasteiger partial charge in [0, 0.05) is 18.5 Å². The second-order valence-corrected chi connectivity index (χ2v) is 7.88. The van der Waals surface area contributed by atoms with Crippen LogP contribution in [0.25, 0.3) is 11.3 Å². The molecule has 3 aromatic heterocycles. The Morgan fingerprint density at radius 3 is 2.81 bits per heavy atom. The van der Waals surface area contributed by atoms with Gasteiger partial charge in [0.05, 0.1) is 40.4 Å². The van der Waals surface area contributed by atoms with Gasteiger partial charge in [-0.1, -0.05) is 5.16 Å². The van der Waals surface area contributed by atoms with Crippen molar-refractivity contribution in [3.63, 3.8) is 0 Å². The maximum absolute atomic E-state index is 12.3. The maximum atomic E-state index is 12.3. The summed E-state index contributed by atoms with van der Waals surface area (Å²) in [6.07, 6.45) is 4.17. The fraction of sp³-hybridized carbons (Fsp3) is 0.444. The zero-order valence-corrected chi connectivity index (χ0v) is 15.9. The van der Waals surface area contributed by atoms with Gasteiger partial charge in [0.1, 0.15) is 4.88 Å². The van der Waals surface area contributed by atoms with Gasteiger partial charge in [0.15, 0.2) is 5.76 Å². The van der Waals surface area contributed by atoms with E-state index in [9.17, 15) is 4.79 Å². The number of rotatable bonds is 6. The van der Waals surface area contributed by atoms with Gasteiger partial charge in [-0.25, -0.2) is 4.98 Å². The molecule has 136 valence electrons. The molecule has 4 rings (SSSR count). The molecule has 0 aliphatic heterocycles. The zero-order chi connectivity index (χ0) is 18.3. The van der Waals surface area contributed by atoms with Crippen molar-refractivity contribution in [3.05, 3.63) is 39.2 Å². The average molecular weight is 371 g/mol. The lowest BCUT2D eigenvalue weighted by Gasteiger charge is -2.09. The molecule has 0 aromatic carbocycles. The van der Waals surface area contributed by atoms with Crippen molar-refractivity contribution in [2.24, 2.45) is 0 Å². The third kappa shape index (κ3) is 3.29. The summed E-state index contributed by atoms with van der Waals surface area (Å²) < 4.78 is 7.40. The van der Waals surface area contributed by atoms with Gasteiger partial charge < -0.3 is 9.84 Å². The molecule has 1 aliphatic rings. The Hall–Kier alpha value is -2.48. The van der Waals surface area contributed by atoms with Gasteiger partial charge in [-0.05, 0) is 33.6 Å². The highest BCUT2D eigenvalue weighted by atomic mass is 32.1. The number of aromatic nitrogens is 4. The molecule has 0 spiro atoms. The highest BCUT2D eigenvalue weighted by Gasteiger charge is 2.31. The highest BCUT2D eigenvalue weighted by Crippen LogP contribution is 2.44. The van der Waals surface area contributed by atoms with Crippen molar-refractivity contribution in [2.45, 2.75) is 46.1 Å². The van der Waals surface area contributed by atoms with Crippen LogP contribution in [0.3, 0.4) is 0 Å². The summed E-state index contributed by atoms with van der Waals surface area (Å²) in [5.74, 6) is 1.20. The smallest absolute Gasteiger partial charge is 0.263 e. The van der Waals surface area contributed by atoms with Crippen LogP contribution in [-0.2, 0) is 6.54 Å². The molecule has 0 bridgehead atoms. The molecule has 3 heterocycles. The third-order valence-corrected chi connectivity index (χ3v) is 5.53. The van der Waals surface area contributed by atoms with Gasteiger partial charge in [-0.3, -0.25) is 9.48 Å². The number of hydrogen-bond donors (Lipinski definition) is 1. The van der Waals surface area contributed by atoms with Crippen LogP contribution < -0.4 is 5.32 Å². The van der Waals surface area contributed by atoms with E-state index in [2.05, 4.69) is 20.6 Å². The maximum Gasteiger partial charge on any atom is 0.263 e. The van der Waals surface area contributed by atoms with E-state index in [1.54, 1.807) is 0 Å². The molecule has 0 atom stereocenters. The first kappa shape index (κ1) is 17.0. The monoisotopic (exact) mass is 371 g/mol. The van der Waals surface area contributed by atoms with Crippen molar-refractivity contribution < 1.29 is 9.32 Å². The largest absolute Gasteiger partial charge is 0.356 e. The molecule has 7 nitrogen and oxygen atoms in total. The lowest BCUT2D eigenvalue weighted by Crippen LogP contribution is -2.27. The first-order valence-corrected chi connectivity index (χ1v) is 9.56. The number of hydrogen-bond acceptors (Lipinski definition) is 6. The molecule has 3 aromatic rings. The minimum atomic E-state index is -0.0701. The molecule has 0 saturated heterocycles. The highest BCUT2D eigenvalue weighted by molar-refractivity contribution is 7.13. The summed E-state index contributed by atoms with van der Waals surface area (Å²) in [6.45, 7) is 6.83. The molecule has 1 amide bonds. The predicted octanol–water partition coefficient (Wildman–Crippen LogP) is 3.23. The molecular formula is C18H21N5O2S. The van der Waals surface area contributed by atoms with Gasteiger partial charge in [-0.2, -0.15) is 5.10 Å². The summed E-state index contributed by atoms with van der Waals surface area (Å²) >= 11 is 1.43. The number of carbonyl (C=O) groups is 1. The van der Waals surface area contributed by atoms with E-state index in [-0.39, 0.29) is 5.91 Å². The van der Waals surface area contributed by atoms with Gasteiger partial charge in [0.25, 0.3) is 5.91 Å². The second-order valence-electron chi connectivity index (χ2n) is 6.68. The molecule has 0 unspecified atom stereocenters. The summed E-state index contributed by atoms with van der Waals surface area (Å²) in [7, 11) is 0. The summed E-state index contributed by atoms with van der Waals surface area (Å²) in [5.41, 5.74) is 3.83. The van der Waals surface area contributed by atoms with Crippen LogP contribution in [0.15, 0.2) is 16.8 Å². The summed E-state index contributed by atoms with van der Waals surface area (Å²) in [5, 5.41) is 12.4. The van der Waals surface area contributed by atoms with Crippen LogP contribution in [0.1, 0.15) is 50.5 Å². The van der Waals surface area contributed by atoms with E-state index in [0.717, 1.165) is 40.6 Å². The quantitative estimate of drug-likeness (QED) is 0.719. The SMILES string of the molecule is Cc1cc(-c2cnn(CCNC(=O)c3sc(C)nc3C)c2C2CC2)on1. The summed E-state index contributed by atoms with van der Waals surface area (Å²) in [6, 6.07) is 1.93. The normalized spacial score (nSPS) is 14.0. The second kappa shape index (κ2) is 6.68. The minimum Gasteiger partial charge on any atom is -0.356 e. The summed E-state index contributed by atoms with van der Waals surface area (Å²) in [4.78, 5) is 17.3. The van der Waals surface area contributed by atoms with Crippen molar-refractivity contribution in [3.8, 4) is 11.3 Å². The van der Waals surface area contributed by atoms with E-state index in [4.69, 9.17) is 4.52 Å². The van der Waals surface area contributed by atoms with Crippen LogP contribution in [0.4, 0.5) is 0 Å². The lowest BCUT2D eigenvalue weighted by molar-refractivity contribution is 0.0955. The Bertz CT molecular complexity index is 951. The first-order valence-electron chi connectivity index (χ1n) is 8.74. The number of thiazole rings is 1. The number of carbonyl (C=O) groups excluding carboxylic acids is 1. The molecule has 1 fully saturated rings. The Balaban J connectivity index is 1.46. The van der Waals surface area contributed by atoms with Crippen molar-refractivity contribution in [1.29, 1.82) is 0 Å². The van der Waals surface area contributed by atoms with Crippen LogP contribution in [0.5, 0.6) is 0 Å². The average Bonchev–Trinajstić information content (AvgIpc) is 3.04. The molecule has 1 aliphatic carbocycles. The Labute approximate surface area is 155 Å². The number of amides is 1. The number of aryl methyl sites for hydroxylation is 3. The molecular weight excluding hydrogens is 350 g/mol. The molecule has 1 saturated carbocycles. The van der Waals surface area contributed by atoms with Crippen LogP contribution in [0.2, 0.25) is 0 Å².